The van der Waals surface area contributed by atoms with Gasteiger partial charge in [-0.05, 0) is 49.6 Å². The largest absolute Gasteiger partial charge is 0.378 e. The topological polar surface area (TPSA) is 63.2 Å². The summed E-state index contributed by atoms with van der Waals surface area (Å²) in [6.07, 6.45) is 3.89. The molecule has 0 spiro atoms. The molecule has 1 aliphatic carbocycles. The summed E-state index contributed by atoms with van der Waals surface area (Å²) in [7, 11) is 0. The van der Waals surface area contributed by atoms with Crippen molar-refractivity contribution in [1.29, 1.82) is 0 Å². The molecule has 1 N–H and O–H groups in total. The van der Waals surface area contributed by atoms with Gasteiger partial charge in [0.05, 0.1) is 34.5 Å². The number of anilines is 3. The molecular formula is C20H21N5OS. The van der Waals surface area contributed by atoms with E-state index in [1.54, 1.807) is 11.3 Å². The van der Waals surface area contributed by atoms with Gasteiger partial charge >= 0.3 is 0 Å². The molecule has 27 heavy (non-hydrogen) atoms. The van der Waals surface area contributed by atoms with E-state index >= 15 is 0 Å². The Morgan fingerprint density at radius 2 is 1.89 bits per heavy atom. The van der Waals surface area contributed by atoms with E-state index in [9.17, 15) is 0 Å². The summed E-state index contributed by atoms with van der Waals surface area (Å²) < 4.78 is 5.42. The Morgan fingerprint density at radius 1 is 1.07 bits per heavy atom. The molecule has 0 atom stereocenters. The first-order chi connectivity index (χ1) is 13.3. The summed E-state index contributed by atoms with van der Waals surface area (Å²) in [5.74, 6) is 0.631. The van der Waals surface area contributed by atoms with E-state index in [2.05, 4.69) is 51.4 Å². The van der Waals surface area contributed by atoms with Crippen molar-refractivity contribution in [1.82, 2.24) is 15.0 Å². The highest BCUT2D eigenvalue weighted by atomic mass is 32.1. The number of morpholine rings is 1. The fourth-order valence-electron chi connectivity index (χ4n) is 3.63. The molecular weight excluding hydrogens is 358 g/mol. The number of aryl methyl sites for hydroxylation is 3. The standard InChI is InChI=1S/C20H21N5OS/c1-13-22-17-7-2-14-12-21-20(24-18(14)19(17)27-13)23-15-3-5-16(6-4-15)25-8-10-26-11-9-25/h3-6,12H,2,7-11H2,1H3,(H,21,23,24). The Bertz CT molecular complexity index is 963. The maximum absolute atomic E-state index is 5.42. The van der Waals surface area contributed by atoms with E-state index in [-0.39, 0.29) is 0 Å². The molecule has 3 heterocycles. The van der Waals surface area contributed by atoms with E-state index in [4.69, 9.17) is 9.72 Å². The van der Waals surface area contributed by atoms with Crippen LogP contribution in [-0.4, -0.2) is 41.3 Å². The summed E-state index contributed by atoms with van der Waals surface area (Å²) in [5, 5.41) is 4.44. The van der Waals surface area contributed by atoms with Gasteiger partial charge in [0.25, 0.3) is 0 Å². The lowest BCUT2D eigenvalue weighted by atomic mass is 10.00. The Labute approximate surface area is 162 Å². The maximum Gasteiger partial charge on any atom is 0.227 e. The van der Waals surface area contributed by atoms with Crippen LogP contribution in [0, 0.1) is 6.92 Å². The molecule has 1 aliphatic heterocycles. The Balaban J connectivity index is 1.37. The number of hydrogen-bond acceptors (Lipinski definition) is 7. The fraction of sp³-hybridized carbons (Fsp3) is 0.350. The van der Waals surface area contributed by atoms with Crippen LogP contribution >= 0.6 is 11.3 Å². The molecule has 1 saturated heterocycles. The smallest absolute Gasteiger partial charge is 0.227 e. The lowest BCUT2D eigenvalue weighted by Gasteiger charge is -2.28. The SMILES string of the molecule is Cc1nc2c(s1)-c1nc(Nc3ccc(N4CCOCC4)cc3)ncc1CC2. The van der Waals surface area contributed by atoms with Gasteiger partial charge in [0.2, 0.25) is 5.95 Å². The predicted octanol–water partition coefficient (Wildman–Crippen LogP) is 3.59. The lowest BCUT2D eigenvalue weighted by Crippen LogP contribution is -2.36. The molecule has 2 aromatic heterocycles. The van der Waals surface area contributed by atoms with Crippen LogP contribution in [0.25, 0.3) is 10.6 Å². The number of aromatic nitrogens is 3. The first-order valence-electron chi connectivity index (χ1n) is 9.29. The number of thiazole rings is 1. The van der Waals surface area contributed by atoms with Crippen molar-refractivity contribution in [2.75, 3.05) is 36.5 Å². The molecule has 0 radical (unpaired) electrons. The Morgan fingerprint density at radius 3 is 2.70 bits per heavy atom. The van der Waals surface area contributed by atoms with Gasteiger partial charge in [0.1, 0.15) is 0 Å². The second-order valence-electron chi connectivity index (χ2n) is 6.85. The van der Waals surface area contributed by atoms with Crippen LogP contribution in [0.3, 0.4) is 0 Å². The van der Waals surface area contributed by atoms with Gasteiger partial charge in [0.15, 0.2) is 0 Å². The van der Waals surface area contributed by atoms with Gasteiger partial charge in [-0.1, -0.05) is 0 Å². The molecule has 2 aliphatic rings. The van der Waals surface area contributed by atoms with Crippen LogP contribution < -0.4 is 10.2 Å². The van der Waals surface area contributed by atoms with E-state index in [0.717, 1.165) is 55.5 Å². The van der Waals surface area contributed by atoms with Crippen LogP contribution in [0.15, 0.2) is 30.5 Å². The van der Waals surface area contributed by atoms with Crippen LogP contribution in [0.2, 0.25) is 0 Å². The van der Waals surface area contributed by atoms with Crippen molar-refractivity contribution in [3.8, 4) is 10.6 Å². The third-order valence-electron chi connectivity index (χ3n) is 5.01. The van der Waals surface area contributed by atoms with Gasteiger partial charge in [-0.15, -0.1) is 11.3 Å². The van der Waals surface area contributed by atoms with Crippen LogP contribution in [0.1, 0.15) is 16.3 Å². The van der Waals surface area contributed by atoms with Crippen molar-refractivity contribution in [2.24, 2.45) is 0 Å². The number of hydrogen-bond donors (Lipinski definition) is 1. The van der Waals surface area contributed by atoms with Crippen LogP contribution in [0.5, 0.6) is 0 Å². The lowest BCUT2D eigenvalue weighted by molar-refractivity contribution is 0.122. The molecule has 0 amide bonds. The van der Waals surface area contributed by atoms with Gasteiger partial charge in [-0.25, -0.2) is 15.0 Å². The highest BCUT2D eigenvalue weighted by molar-refractivity contribution is 7.15. The van der Waals surface area contributed by atoms with Gasteiger partial charge in [-0.3, -0.25) is 0 Å². The normalized spacial score (nSPS) is 16.0. The molecule has 7 heteroatoms. The first kappa shape index (κ1) is 16.6. The van der Waals surface area contributed by atoms with E-state index in [1.165, 1.54) is 21.8 Å². The van der Waals surface area contributed by atoms with Crippen molar-refractivity contribution >= 4 is 28.7 Å². The molecule has 0 saturated carbocycles. The predicted molar refractivity (Wildman–Crippen MR) is 108 cm³/mol. The summed E-state index contributed by atoms with van der Waals surface area (Å²) in [6, 6.07) is 8.43. The summed E-state index contributed by atoms with van der Waals surface area (Å²) in [5.41, 5.74) is 5.62. The minimum atomic E-state index is 0.631. The van der Waals surface area contributed by atoms with E-state index in [0.29, 0.717) is 5.95 Å². The summed E-state index contributed by atoms with van der Waals surface area (Å²) >= 11 is 1.72. The number of nitrogens with zero attached hydrogens (tertiary/aromatic N) is 4. The number of rotatable bonds is 3. The quantitative estimate of drug-likeness (QED) is 0.750. The monoisotopic (exact) mass is 379 g/mol. The second kappa shape index (κ2) is 6.90. The Kier molecular flexibility index (Phi) is 4.26. The summed E-state index contributed by atoms with van der Waals surface area (Å²) in [6.45, 7) is 5.53. The zero-order valence-corrected chi connectivity index (χ0v) is 16.1. The second-order valence-corrected chi connectivity index (χ2v) is 8.05. The zero-order valence-electron chi connectivity index (χ0n) is 15.2. The number of fused-ring (bicyclic) bond motifs is 3. The summed E-state index contributed by atoms with van der Waals surface area (Å²) in [4.78, 5) is 17.5. The van der Waals surface area contributed by atoms with E-state index < -0.39 is 0 Å². The van der Waals surface area contributed by atoms with Crippen LogP contribution in [0.4, 0.5) is 17.3 Å². The molecule has 0 unspecified atom stereocenters. The molecule has 1 aromatic carbocycles. The third kappa shape index (κ3) is 3.28. The average Bonchev–Trinajstić information content (AvgIpc) is 3.10. The average molecular weight is 379 g/mol. The number of benzene rings is 1. The molecule has 1 fully saturated rings. The van der Waals surface area contributed by atoms with Crippen molar-refractivity contribution in [2.45, 2.75) is 19.8 Å². The van der Waals surface area contributed by atoms with E-state index in [1.807, 2.05) is 6.20 Å². The van der Waals surface area contributed by atoms with Crippen molar-refractivity contribution in [3.63, 3.8) is 0 Å². The van der Waals surface area contributed by atoms with Gasteiger partial charge in [0, 0.05) is 30.7 Å². The number of ether oxygens (including phenoxy) is 1. The number of nitrogens with one attached hydrogen (secondary N) is 1. The molecule has 138 valence electrons. The zero-order chi connectivity index (χ0) is 18.2. The minimum absolute atomic E-state index is 0.631. The van der Waals surface area contributed by atoms with Crippen molar-refractivity contribution < 1.29 is 4.74 Å². The third-order valence-corrected chi connectivity index (χ3v) is 6.03. The molecule has 0 bridgehead atoms. The van der Waals surface area contributed by atoms with Gasteiger partial charge in [-0.2, -0.15) is 0 Å². The Hall–Kier alpha value is -2.51. The van der Waals surface area contributed by atoms with Crippen LogP contribution in [-0.2, 0) is 17.6 Å². The molecule has 3 aromatic rings. The highest BCUT2D eigenvalue weighted by Gasteiger charge is 2.22. The minimum Gasteiger partial charge on any atom is -0.378 e. The molecule has 5 rings (SSSR count). The first-order valence-corrected chi connectivity index (χ1v) is 10.1. The maximum atomic E-state index is 5.42. The highest BCUT2D eigenvalue weighted by Crippen LogP contribution is 2.36. The van der Waals surface area contributed by atoms with Gasteiger partial charge < -0.3 is 15.0 Å². The van der Waals surface area contributed by atoms with Crippen molar-refractivity contribution in [3.05, 3.63) is 46.7 Å². The molecule has 6 nitrogen and oxygen atoms in total. The fourth-order valence-corrected chi connectivity index (χ4v) is 4.62.